The molecule has 174 valence electrons. The molecule has 0 bridgehead atoms. The predicted molar refractivity (Wildman–Crippen MR) is 117 cm³/mol. The molecule has 2 N–H and O–H groups in total. The van der Waals surface area contributed by atoms with Crippen molar-refractivity contribution in [2.24, 2.45) is 0 Å². The van der Waals surface area contributed by atoms with E-state index in [4.69, 9.17) is 15.3 Å². The van der Waals surface area contributed by atoms with E-state index in [1.54, 1.807) is 12.1 Å². The molecule has 3 aromatic carbocycles. The molecule has 0 amide bonds. The molecule has 0 unspecified atom stereocenters. The fourth-order valence-corrected chi connectivity index (χ4v) is 5.26. The Bertz CT molecular complexity index is 1580. The summed E-state index contributed by atoms with van der Waals surface area (Å²) >= 11 is 0. The maximum atomic E-state index is 13.7. The Hall–Kier alpha value is -4.20. The van der Waals surface area contributed by atoms with Gasteiger partial charge < -0.3 is 4.74 Å². The highest BCUT2D eigenvalue weighted by molar-refractivity contribution is 7.93. The van der Waals surface area contributed by atoms with Crippen LogP contribution in [0.1, 0.15) is 11.1 Å². The van der Waals surface area contributed by atoms with Gasteiger partial charge in [-0.1, -0.05) is 0 Å². The second-order valence-corrected chi connectivity index (χ2v) is 10.0. The van der Waals surface area contributed by atoms with Gasteiger partial charge in [0.15, 0.2) is 0 Å². The molecule has 3 aromatic rings. The number of benzene rings is 3. The number of hydrogen-bond donors (Lipinski definition) is 2. The number of nitriles is 2. The summed E-state index contributed by atoms with van der Waals surface area (Å²) in [6.07, 6.45) is 0. The fourth-order valence-electron chi connectivity index (χ4n) is 2.88. The number of sulfonamides is 2. The molecule has 34 heavy (non-hydrogen) atoms. The first-order chi connectivity index (χ1) is 16.0. The maximum Gasteiger partial charge on any atom is 0.265 e. The Morgan fingerprint density at radius 1 is 0.765 bits per heavy atom. The van der Waals surface area contributed by atoms with E-state index < -0.39 is 41.5 Å². The summed E-state index contributed by atoms with van der Waals surface area (Å²) in [5.41, 5.74) is -0.795. The zero-order valence-electron chi connectivity index (χ0n) is 17.2. The first kappa shape index (κ1) is 24.4. The average Bonchev–Trinajstić information content (AvgIpc) is 2.77. The Balaban J connectivity index is 2.03. The van der Waals surface area contributed by atoms with E-state index in [2.05, 4.69) is 9.44 Å². The van der Waals surface area contributed by atoms with E-state index in [-0.39, 0.29) is 28.3 Å². The van der Waals surface area contributed by atoms with Crippen molar-refractivity contribution in [1.82, 2.24) is 0 Å². The third-order valence-electron chi connectivity index (χ3n) is 4.29. The van der Waals surface area contributed by atoms with Crippen LogP contribution in [0.15, 0.2) is 64.4 Å². The van der Waals surface area contributed by atoms with Crippen LogP contribution in [0.25, 0.3) is 0 Å². The van der Waals surface area contributed by atoms with E-state index in [1.165, 1.54) is 0 Å². The van der Waals surface area contributed by atoms with E-state index in [0.29, 0.717) is 0 Å². The zero-order valence-corrected chi connectivity index (χ0v) is 18.8. The van der Waals surface area contributed by atoms with Gasteiger partial charge in [-0.05, 0) is 54.6 Å². The van der Waals surface area contributed by atoms with Crippen molar-refractivity contribution in [2.75, 3.05) is 16.6 Å². The predicted octanol–water partition coefficient (Wildman–Crippen LogP) is 3.32. The van der Waals surface area contributed by atoms with Gasteiger partial charge in [-0.25, -0.2) is 25.6 Å². The molecule has 0 heterocycles. The molecular weight excluding hydrogens is 490 g/mol. The van der Waals surface area contributed by atoms with E-state index >= 15 is 0 Å². The summed E-state index contributed by atoms with van der Waals surface area (Å²) in [6.45, 7) is 0. The highest BCUT2D eigenvalue weighted by Gasteiger charge is 2.25. The first-order valence-corrected chi connectivity index (χ1v) is 12.1. The molecule has 0 aliphatic rings. The van der Waals surface area contributed by atoms with Crippen molar-refractivity contribution in [1.29, 1.82) is 10.5 Å². The van der Waals surface area contributed by atoms with Crippen molar-refractivity contribution in [3.8, 4) is 17.9 Å². The van der Waals surface area contributed by atoms with Crippen LogP contribution >= 0.6 is 0 Å². The van der Waals surface area contributed by atoms with Crippen LogP contribution in [0, 0.1) is 34.3 Å². The van der Waals surface area contributed by atoms with Crippen LogP contribution in [0.4, 0.5) is 20.2 Å². The monoisotopic (exact) mass is 504 g/mol. The minimum Gasteiger partial charge on any atom is -0.495 e. The lowest BCUT2D eigenvalue weighted by Gasteiger charge is -2.14. The Morgan fingerprint density at radius 2 is 1.26 bits per heavy atom. The van der Waals surface area contributed by atoms with Gasteiger partial charge in [0.25, 0.3) is 20.0 Å². The second kappa shape index (κ2) is 9.35. The van der Waals surface area contributed by atoms with Crippen molar-refractivity contribution in [2.45, 2.75) is 9.79 Å². The van der Waals surface area contributed by atoms with Gasteiger partial charge in [-0.15, -0.1) is 0 Å². The van der Waals surface area contributed by atoms with Gasteiger partial charge in [0, 0.05) is 0 Å². The topological polar surface area (TPSA) is 149 Å². The average molecular weight is 504 g/mol. The number of hydrogen-bond acceptors (Lipinski definition) is 7. The largest absolute Gasteiger partial charge is 0.495 e. The molecule has 0 spiro atoms. The molecule has 0 fully saturated rings. The maximum absolute atomic E-state index is 13.7. The van der Waals surface area contributed by atoms with E-state index in [9.17, 15) is 25.6 Å². The van der Waals surface area contributed by atoms with Gasteiger partial charge in [0.1, 0.15) is 22.3 Å². The van der Waals surface area contributed by atoms with Crippen LogP contribution < -0.4 is 14.2 Å². The number of nitrogens with zero attached hydrogens (tertiary/aromatic N) is 2. The lowest BCUT2D eigenvalue weighted by atomic mass is 10.2. The molecule has 9 nitrogen and oxygen atoms in total. The summed E-state index contributed by atoms with van der Waals surface area (Å²) in [4.78, 5) is -1.12. The minimum atomic E-state index is -4.52. The van der Waals surface area contributed by atoms with Gasteiger partial charge in [0.2, 0.25) is 0 Å². The van der Waals surface area contributed by atoms with Gasteiger partial charge in [0.05, 0.1) is 46.6 Å². The van der Waals surface area contributed by atoms with Crippen molar-refractivity contribution in [3.05, 3.63) is 77.4 Å². The number of rotatable bonds is 7. The molecule has 0 aromatic heterocycles. The van der Waals surface area contributed by atoms with Gasteiger partial charge in [-0.2, -0.15) is 10.5 Å². The number of methoxy groups -OCH3 is 1. The zero-order chi connectivity index (χ0) is 25.1. The van der Waals surface area contributed by atoms with Crippen molar-refractivity contribution < 1.29 is 30.4 Å². The summed E-state index contributed by atoms with van der Waals surface area (Å²) < 4.78 is 88.1. The fraction of sp³-hybridized carbons (Fsp3) is 0.0476. The molecule has 0 aliphatic carbocycles. The van der Waals surface area contributed by atoms with Crippen molar-refractivity contribution in [3.63, 3.8) is 0 Å². The van der Waals surface area contributed by atoms with Crippen LogP contribution in [0.2, 0.25) is 0 Å². The highest BCUT2D eigenvalue weighted by Crippen LogP contribution is 2.30. The number of anilines is 2. The Morgan fingerprint density at radius 3 is 1.74 bits per heavy atom. The lowest BCUT2D eigenvalue weighted by Crippen LogP contribution is -2.17. The van der Waals surface area contributed by atoms with Crippen LogP contribution in [0.5, 0.6) is 5.75 Å². The molecule has 0 atom stereocenters. The van der Waals surface area contributed by atoms with Crippen LogP contribution in [-0.4, -0.2) is 23.9 Å². The Labute approximate surface area is 193 Å². The van der Waals surface area contributed by atoms with E-state index in [0.717, 1.165) is 61.7 Å². The second-order valence-electron chi connectivity index (χ2n) is 6.70. The molecule has 3 rings (SSSR count). The number of ether oxygens (including phenoxy) is 1. The number of halogens is 2. The molecule has 0 saturated carbocycles. The van der Waals surface area contributed by atoms with Gasteiger partial charge >= 0.3 is 0 Å². The minimum absolute atomic E-state index is 0.133. The molecular formula is C21H14F2N4O5S2. The van der Waals surface area contributed by atoms with Crippen molar-refractivity contribution >= 4 is 31.4 Å². The SMILES string of the molecule is COc1ccc(S(=O)(=O)Nc2cc(F)cc(C#N)c2)cc1S(=O)(=O)Nc1cc(F)cc(C#N)c1. The summed E-state index contributed by atoms with van der Waals surface area (Å²) in [6, 6.07) is 12.0. The molecule has 0 radical (unpaired) electrons. The first-order valence-electron chi connectivity index (χ1n) is 9.12. The highest BCUT2D eigenvalue weighted by atomic mass is 32.2. The van der Waals surface area contributed by atoms with Crippen LogP contribution in [0.3, 0.4) is 0 Å². The normalized spacial score (nSPS) is 11.2. The smallest absolute Gasteiger partial charge is 0.265 e. The quantitative estimate of drug-likeness (QED) is 0.501. The van der Waals surface area contributed by atoms with E-state index in [1.807, 2.05) is 0 Å². The van der Waals surface area contributed by atoms with Gasteiger partial charge in [-0.3, -0.25) is 9.44 Å². The third kappa shape index (κ3) is 5.40. The number of nitrogens with one attached hydrogen (secondary N) is 2. The Kier molecular flexibility index (Phi) is 6.72. The standard InChI is InChI=1S/C21H14F2N4O5S2/c1-32-20-3-2-19(33(28,29)26-17-6-13(11-24)4-15(22)8-17)10-21(20)34(30,31)27-18-7-14(12-25)5-16(23)9-18/h2-10,26-27H,1H3. The summed E-state index contributed by atoms with van der Waals surface area (Å²) in [7, 11) is -7.79. The third-order valence-corrected chi connectivity index (χ3v) is 7.07. The molecule has 13 heteroatoms. The summed E-state index contributed by atoms with van der Waals surface area (Å²) in [5.74, 6) is -1.94. The molecule has 0 aliphatic heterocycles. The molecule has 0 saturated heterocycles. The lowest BCUT2D eigenvalue weighted by molar-refractivity contribution is 0.402. The summed E-state index contributed by atoms with van der Waals surface area (Å²) in [5, 5.41) is 17.9. The van der Waals surface area contributed by atoms with Crippen LogP contribution in [-0.2, 0) is 20.0 Å².